The van der Waals surface area contributed by atoms with Crippen molar-refractivity contribution in [1.29, 1.82) is 0 Å². The summed E-state index contributed by atoms with van der Waals surface area (Å²) in [5.74, 6) is 6.50. The molecule has 7 nitrogen and oxygen atoms in total. The van der Waals surface area contributed by atoms with Crippen molar-refractivity contribution in [3.63, 3.8) is 0 Å². The average Bonchev–Trinajstić information content (AvgIpc) is 2.88. The first-order valence-corrected chi connectivity index (χ1v) is 5.38. The highest BCUT2D eigenvalue weighted by Gasteiger charge is 1.96. The molecule has 0 fully saturated rings. The third-order valence-corrected chi connectivity index (χ3v) is 2.21. The van der Waals surface area contributed by atoms with Crippen molar-refractivity contribution >= 4 is 11.6 Å². The van der Waals surface area contributed by atoms with Crippen LogP contribution in [-0.2, 0) is 6.54 Å². The molecule has 0 atom stereocenters. The van der Waals surface area contributed by atoms with Gasteiger partial charge < -0.3 is 10.7 Å². The summed E-state index contributed by atoms with van der Waals surface area (Å²) in [6, 6.07) is 1.91. The minimum Gasteiger partial charge on any atom is -0.369 e. The highest BCUT2D eigenvalue weighted by Crippen LogP contribution is 2.04. The molecule has 0 radical (unpaired) electrons. The van der Waals surface area contributed by atoms with E-state index in [0.29, 0.717) is 11.6 Å². The van der Waals surface area contributed by atoms with Gasteiger partial charge in [-0.15, -0.1) is 0 Å². The molecule has 0 saturated heterocycles. The Morgan fingerprint density at radius 2 is 2.18 bits per heavy atom. The van der Waals surface area contributed by atoms with E-state index in [1.165, 1.54) is 0 Å². The Labute approximate surface area is 99.0 Å². The number of anilines is 2. The minimum absolute atomic E-state index is 0.544. The van der Waals surface area contributed by atoms with Gasteiger partial charge >= 0.3 is 0 Å². The average molecular weight is 233 g/mol. The van der Waals surface area contributed by atoms with E-state index in [2.05, 4.69) is 25.8 Å². The van der Waals surface area contributed by atoms with Crippen LogP contribution in [0.1, 0.15) is 6.42 Å². The van der Waals surface area contributed by atoms with E-state index in [4.69, 9.17) is 5.84 Å². The lowest BCUT2D eigenvalue weighted by Crippen LogP contribution is -2.12. The lowest BCUT2D eigenvalue weighted by Gasteiger charge is -2.06. The Morgan fingerprint density at radius 3 is 2.94 bits per heavy atom. The maximum Gasteiger partial charge on any atom is 0.160 e. The summed E-state index contributed by atoms with van der Waals surface area (Å²) in [7, 11) is 0. The van der Waals surface area contributed by atoms with Gasteiger partial charge in [-0.2, -0.15) is 5.10 Å². The van der Waals surface area contributed by atoms with Crippen LogP contribution in [0.2, 0.25) is 0 Å². The van der Waals surface area contributed by atoms with Crippen molar-refractivity contribution in [2.45, 2.75) is 13.0 Å². The smallest absolute Gasteiger partial charge is 0.160 e. The van der Waals surface area contributed by atoms with E-state index in [0.717, 1.165) is 19.5 Å². The van der Waals surface area contributed by atoms with Gasteiger partial charge in [-0.05, 0) is 12.5 Å². The molecule has 2 aromatic heterocycles. The second-order valence-electron chi connectivity index (χ2n) is 3.48. The summed E-state index contributed by atoms with van der Waals surface area (Å²) in [5.41, 5.74) is 2.45. The standard InChI is InChI=1S/C10H15N7/c11-16-10-8-12-7-9(15-10)13-3-1-5-17-6-2-4-14-17/h2,4,6-8H,1,3,5,11H2,(H2,13,15,16). The van der Waals surface area contributed by atoms with Crippen molar-refractivity contribution in [3.05, 3.63) is 30.9 Å². The highest BCUT2D eigenvalue weighted by atomic mass is 15.3. The second kappa shape index (κ2) is 5.80. The Hall–Kier alpha value is -2.15. The SMILES string of the molecule is NNc1cncc(NCCCn2cccn2)n1. The summed E-state index contributed by atoms with van der Waals surface area (Å²) >= 11 is 0. The zero-order valence-corrected chi connectivity index (χ0v) is 9.37. The predicted molar refractivity (Wildman–Crippen MR) is 65.2 cm³/mol. The van der Waals surface area contributed by atoms with Gasteiger partial charge in [0.15, 0.2) is 5.82 Å². The minimum atomic E-state index is 0.544. The van der Waals surface area contributed by atoms with Gasteiger partial charge in [0.05, 0.1) is 12.4 Å². The van der Waals surface area contributed by atoms with Crippen LogP contribution in [0.25, 0.3) is 0 Å². The second-order valence-corrected chi connectivity index (χ2v) is 3.48. The first-order chi connectivity index (χ1) is 8.38. The van der Waals surface area contributed by atoms with Crippen LogP contribution in [0.3, 0.4) is 0 Å². The number of rotatable bonds is 6. The summed E-state index contributed by atoms with van der Waals surface area (Å²) in [6.45, 7) is 1.69. The van der Waals surface area contributed by atoms with Crippen molar-refractivity contribution in [1.82, 2.24) is 19.7 Å². The van der Waals surface area contributed by atoms with Crippen molar-refractivity contribution in [2.24, 2.45) is 5.84 Å². The van der Waals surface area contributed by atoms with Crippen molar-refractivity contribution in [2.75, 3.05) is 17.3 Å². The quantitative estimate of drug-likeness (QED) is 0.381. The van der Waals surface area contributed by atoms with Crippen LogP contribution in [-0.4, -0.2) is 26.3 Å². The number of aromatic nitrogens is 4. The van der Waals surface area contributed by atoms with Gasteiger partial charge in [0.25, 0.3) is 0 Å². The number of hydrogen-bond acceptors (Lipinski definition) is 6. The van der Waals surface area contributed by atoms with Crippen LogP contribution in [0.5, 0.6) is 0 Å². The fourth-order valence-electron chi connectivity index (χ4n) is 1.41. The fraction of sp³-hybridized carbons (Fsp3) is 0.300. The number of hydrazine groups is 1. The topological polar surface area (TPSA) is 93.7 Å². The molecule has 0 aliphatic rings. The predicted octanol–water partition coefficient (Wildman–Crippen LogP) is 0.461. The molecule has 0 aliphatic heterocycles. The zero-order chi connectivity index (χ0) is 11.9. The van der Waals surface area contributed by atoms with E-state index in [1.54, 1.807) is 18.6 Å². The van der Waals surface area contributed by atoms with Crippen LogP contribution < -0.4 is 16.6 Å². The number of hydrogen-bond donors (Lipinski definition) is 3. The number of nitrogen functional groups attached to an aromatic ring is 1. The molecule has 4 N–H and O–H groups in total. The number of aryl methyl sites for hydroxylation is 1. The van der Waals surface area contributed by atoms with E-state index in [9.17, 15) is 0 Å². The molecular formula is C10H15N7. The third kappa shape index (κ3) is 3.42. The molecule has 0 unspecified atom stereocenters. The molecule has 2 heterocycles. The van der Waals surface area contributed by atoms with Gasteiger partial charge in [-0.25, -0.2) is 10.8 Å². The van der Waals surface area contributed by atoms with E-state index in [1.807, 2.05) is 16.9 Å². The molecule has 7 heteroatoms. The molecule has 0 saturated carbocycles. The summed E-state index contributed by atoms with van der Waals surface area (Å²) < 4.78 is 1.89. The molecule has 0 aliphatic carbocycles. The molecule has 90 valence electrons. The monoisotopic (exact) mass is 233 g/mol. The summed E-state index contributed by atoms with van der Waals surface area (Å²) in [5, 5.41) is 7.29. The number of nitrogens with two attached hydrogens (primary N) is 1. The van der Waals surface area contributed by atoms with E-state index < -0.39 is 0 Å². The van der Waals surface area contributed by atoms with Gasteiger partial charge in [0.1, 0.15) is 5.82 Å². The number of nitrogens with zero attached hydrogens (tertiary/aromatic N) is 4. The summed E-state index contributed by atoms with van der Waals surface area (Å²) in [6.07, 6.45) is 7.90. The van der Waals surface area contributed by atoms with Crippen LogP contribution in [0.4, 0.5) is 11.6 Å². The van der Waals surface area contributed by atoms with Crippen molar-refractivity contribution in [3.8, 4) is 0 Å². The Morgan fingerprint density at radius 1 is 1.29 bits per heavy atom. The molecule has 2 aromatic rings. The van der Waals surface area contributed by atoms with E-state index in [-0.39, 0.29) is 0 Å². The molecule has 0 spiro atoms. The first kappa shape index (κ1) is 11.3. The lowest BCUT2D eigenvalue weighted by atomic mass is 10.4. The Bertz CT molecular complexity index is 440. The van der Waals surface area contributed by atoms with Crippen LogP contribution >= 0.6 is 0 Å². The number of nitrogens with one attached hydrogen (secondary N) is 2. The normalized spacial score (nSPS) is 10.2. The largest absolute Gasteiger partial charge is 0.369 e. The van der Waals surface area contributed by atoms with Gasteiger partial charge in [0.2, 0.25) is 0 Å². The molecule has 0 amide bonds. The van der Waals surface area contributed by atoms with Crippen LogP contribution in [0, 0.1) is 0 Å². The first-order valence-electron chi connectivity index (χ1n) is 5.38. The van der Waals surface area contributed by atoms with Gasteiger partial charge in [-0.3, -0.25) is 9.67 Å². The van der Waals surface area contributed by atoms with Crippen molar-refractivity contribution < 1.29 is 0 Å². The summed E-state index contributed by atoms with van der Waals surface area (Å²) in [4.78, 5) is 8.19. The van der Waals surface area contributed by atoms with Gasteiger partial charge in [-0.1, -0.05) is 0 Å². The Balaban J connectivity index is 1.74. The third-order valence-electron chi connectivity index (χ3n) is 2.21. The van der Waals surface area contributed by atoms with Crippen LogP contribution in [0.15, 0.2) is 30.9 Å². The van der Waals surface area contributed by atoms with E-state index >= 15 is 0 Å². The maximum atomic E-state index is 5.25. The Kier molecular flexibility index (Phi) is 3.87. The molecule has 17 heavy (non-hydrogen) atoms. The highest BCUT2D eigenvalue weighted by molar-refractivity contribution is 5.40. The van der Waals surface area contributed by atoms with Gasteiger partial charge in [0, 0.05) is 25.5 Å². The molecule has 2 rings (SSSR count). The fourth-order valence-corrected chi connectivity index (χ4v) is 1.41. The molecule has 0 bridgehead atoms. The molecule has 0 aromatic carbocycles. The maximum absolute atomic E-state index is 5.25. The molecular weight excluding hydrogens is 218 g/mol. The zero-order valence-electron chi connectivity index (χ0n) is 9.37. The lowest BCUT2D eigenvalue weighted by molar-refractivity contribution is 0.591.